The second-order valence-electron chi connectivity index (χ2n) is 5.52. The van der Waals surface area contributed by atoms with Crippen LogP contribution in [-0.4, -0.2) is 40.4 Å². The summed E-state index contributed by atoms with van der Waals surface area (Å²) in [4.78, 5) is 21.5. The molecule has 3 rings (SSSR count). The van der Waals surface area contributed by atoms with E-state index in [1.807, 2.05) is 13.1 Å². The van der Waals surface area contributed by atoms with Gasteiger partial charge in [-0.05, 0) is 24.6 Å². The molecule has 1 unspecified atom stereocenters. The molecule has 0 saturated heterocycles. The van der Waals surface area contributed by atoms with Crippen LogP contribution in [0.25, 0.3) is 0 Å². The summed E-state index contributed by atoms with van der Waals surface area (Å²) in [5.41, 5.74) is 3.64. The molecule has 0 saturated carbocycles. The van der Waals surface area contributed by atoms with Crippen LogP contribution < -0.4 is 5.32 Å². The number of imidazole rings is 1. The van der Waals surface area contributed by atoms with Crippen LogP contribution in [0.2, 0.25) is 0 Å². The molecule has 21 heavy (non-hydrogen) atoms. The molecule has 1 aliphatic heterocycles. The number of nitrogens with zero attached hydrogens (tertiary/aromatic N) is 2. The average Bonchev–Trinajstić information content (AvgIpc) is 2.99. The Balaban J connectivity index is 1.57. The van der Waals surface area contributed by atoms with Crippen molar-refractivity contribution in [3.63, 3.8) is 0 Å². The van der Waals surface area contributed by atoms with Crippen molar-refractivity contribution in [1.82, 2.24) is 20.2 Å². The van der Waals surface area contributed by atoms with Crippen molar-refractivity contribution in [2.45, 2.75) is 25.4 Å². The Labute approximate surface area is 124 Å². The highest BCUT2D eigenvalue weighted by molar-refractivity contribution is 5.82. The lowest BCUT2D eigenvalue weighted by molar-refractivity contribution is -0.126. The van der Waals surface area contributed by atoms with Crippen molar-refractivity contribution in [1.29, 1.82) is 0 Å². The molecule has 5 nitrogen and oxygen atoms in total. The highest BCUT2D eigenvalue weighted by Crippen LogP contribution is 2.21. The van der Waals surface area contributed by atoms with Gasteiger partial charge in [-0.2, -0.15) is 0 Å². The van der Waals surface area contributed by atoms with Crippen LogP contribution in [0.1, 0.15) is 16.8 Å². The van der Waals surface area contributed by atoms with E-state index in [2.05, 4.69) is 38.4 Å². The third-order valence-electron chi connectivity index (χ3n) is 4.03. The monoisotopic (exact) mass is 284 g/mol. The highest BCUT2D eigenvalue weighted by atomic mass is 16.2. The third kappa shape index (κ3) is 3.13. The van der Waals surface area contributed by atoms with Crippen molar-refractivity contribution in [3.05, 3.63) is 53.6 Å². The molecule has 0 spiro atoms. The van der Waals surface area contributed by atoms with Crippen LogP contribution >= 0.6 is 0 Å². The first-order chi connectivity index (χ1) is 10.2. The lowest BCUT2D eigenvalue weighted by Crippen LogP contribution is -2.48. The summed E-state index contributed by atoms with van der Waals surface area (Å²) in [6.45, 7) is 1.46. The van der Waals surface area contributed by atoms with Gasteiger partial charge in [0.25, 0.3) is 0 Å². The van der Waals surface area contributed by atoms with Crippen LogP contribution in [0.15, 0.2) is 36.8 Å². The molecule has 5 heteroatoms. The van der Waals surface area contributed by atoms with E-state index >= 15 is 0 Å². The number of amides is 1. The SMILES string of the molecule is CN1Cc2ccccc2CC1C(=O)NCCc1cnc[nH]1. The second-order valence-corrected chi connectivity index (χ2v) is 5.52. The van der Waals surface area contributed by atoms with Crippen LogP contribution in [-0.2, 0) is 24.2 Å². The molecule has 2 aromatic rings. The number of hydrogen-bond donors (Lipinski definition) is 2. The topological polar surface area (TPSA) is 61.0 Å². The number of likely N-dealkylation sites (N-methyl/N-ethyl adjacent to an activating group) is 1. The number of hydrogen-bond acceptors (Lipinski definition) is 3. The predicted molar refractivity (Wildman–Crippen MR) is 80.7 cm³/mol. The summed E-state index contributed by atoms with van der Waals surface area (Å²) in [6, 6.07) is 8.27. The number of carbonyl (C=O) groups is 1. The van der Waals surface area contributed by atoms with Gasteiger partial charge in [0.05, 0.1) is 12.4 Å². The van der Waals surface area contributed by atoms with Crippen LogP contribution in [0.5, 0.6) is 0 Å². The average molecular weight is 284 g/mol. The van der Waals surface area contributed by atoms with Gasteiger partial charge >= 0.3 is 0 Å². The van der Waals surface area contributed by atoms with Crippen LogP contribution in [0.4, 0.5) is 0 Å². The Morgan fingerprint density at radius 3 is 3.00 bits per heavy atom. The Morgan fingerprint density at radius 1 is 1.43 bits per heavy atom. The third-order valence-corrected chi connectivity index (χ3v) is 4.03. The van der Waals surface area contributed by atoms with Crippen LogP contribution in [0.3, 0.4) is 0 Å². The van der Waals surface area contributed by atoms with E-state index in [-0.39, 0.29) is 11.9 Å². The summed E-state index contributed by atoms with van der Waals surface area (Å²) >= 11 is 0. The van der Waals surface area contributed by atoms with Gasteiger partial charge in [-0.1, -0.05) is 24.3 Å². The zero-order valence-corrected chi connectivity index (χ0v) is 12.2. The van der Waals surface area contributed by atoms with Gasteiger partial charge in [0.1, 0.15) is 0 Å². The van der Waals surface area contributed by atoms with Crippen molar-refractivity contribution in [2.24, 2.45) is 0 Å². The van der Waals surface area contributed by atoms with Gasteiger partial charge in [-0.25, -0.2) is 4.98 Å². The van der Waals surface area contributed by atoms with E-state index in [0.717, 1.165) is 25.1 Å². The highest BCUT2D eigenvalue weighted by Gasteiger charge is 2.28. The van der Waals surface area contributed by atoms with E-state index in [4.69, 9.17) is 0 Å². The first-order valence-corrected chi connectivity index (χ1v) is 7.26. The predicted octanol–water partition coefficient (Wildman–Crippen LogP) is 1.13. The van der Waals surface area contributed by atoms with Gasteiger partial charge in [-0.3, -0.25) is 9.69 Å². The molecule has 0 fully saturated rings. The van der Waals surface area contributed by atoms with E-state index in [9.17, 15) is 4.79 Å². The van der Waals surface area contributed by atoms with Crippen molar-refractivity contribution in [2.75, 3.05) is 13.6 Å². The first kappa shape index (κ1) is 13.8. The number of aromatic amines is 1. The van der Waals surface area contributed by atoms with E-state index in [1.54, 1.807) is 12.5 Å². The normalized spacial score (nSPS) is 18.2. The lowest BCUT2D eigenvalue weighted by atomic mass is 9.94. The van der Waals surface area contributed by atoms with Gasteiger partial charge in [0.2, 0.25) is 5.91 Å². The number of fused-ring (bicyclic) bond motifs is 1. The maximum Gasteiger partial charge on any atom is 0.237 e. The molecule has 0 aliphatic carbocycles. The van der Waals surface area contributed by atoms with E-state index < -0.39 is 0 Å². The fourth-order valence-electron chi connectivity index (χ4n) is 2.81. The molecule has 1 aromatic heterocycles. The molecule has 0 bridgehead atoms. The molecule has 1 amide bonds. The first-order valence-electron chi connectivity index (χ1n) is 7.26. The van der Waals surface area contributed by atoms with Crippen molar-refractivity contribution >= 4 is 5.91 Å². The molecule has 110 valence electrons. The number of benzene rings is 1. The quantitative estimate of drug-likeness (QED) is 0.884. The summed E-state index contributed by atoms with van der Waals surface area (Å²) in [7, 11) is 2.01. The maximum absolute atomic E-state index is 12.4. The summed E-state index contributed by atoms with van der Waals surface area (Å²) in [6.07, 6.45) is 5.00. The molecule has 1 aliphatic rings. The molecular formula is C16H20N4O. The standard InChI is InChI=1S/C16H20N4O/c1-20-10-13-5-3-2-4-12(13)8-15(20)16(21)18-7-6-14-9-17-11-19-14/h2-5,9,11,15H,6-8,10H2,1H3,(H,17,19)(H,18,21). The lowest BCUT2D eigenvalue weighted by Gasteiger charge is -2.33. The van der Waals surface area contributed by atoms with Gasteiger partial charge in [0, 0.05) is 31.4 Å². The molecule has 1 atom stereocenters. The molecule has 1 aromatic carbocycles. The maximum atomic E-state index is 12.4. The Kier molecular flexibility index (Phi) is 4.01. The number of rotatable bonds is 4. The Morgan fingerprint density at radius 2 is 2.24 bits per heavy atom. The number of aromatic nitrogens is 2. The minimum absolute atomic E-state index is 0.0818. The molecule has 2 N–H and O–H groups in total. The van der Waals surface area contributed by atoms with E-state index in [0.29, 0.717) is 6.54 Å². The molecule has 0 radical (unpaired) electrons. The van der Waals surface area contributed by atoms with Gasteiger partial charge < -0.3 is 10.3 Å². The minimum atomic E-state index is -0.0818. The number of H-pyrrole nitrogens is 1. The summed E-state index contributed by atoms with van der Waals surface area (Å²) in [5.74, 6) is 0.103. The fourth-order valence-corrected chi connectivity index (χ4v) is 2.81. The van der Waals surface area contributed by atoms with Crippen molar-refractivity contribution in [3.8, 4) is 0 Å². The largest absolute Gasteiger partial charge is 0.354 e. The van der Waals surface area contributed by atoms with Gasteiger partial charge in [0.15, 0.2) is 0 Å². The van der Waals surface area contributed by atoms with Crippen LogP contribution in [0, 0.1) is 0 Å². The van der Waals surface area contributed by atoms with Gasteiger partial charge in [-0.15, -0.1) is 0 Å². The van der Waals surface area contributed by atoms with Crippen molar-refractivity contribution < 1.29 is 4.79 Å². The second kappa shape index (κ2) is 6.10. The summed E-state index contributed by atoms with van der Waals surface area (Å²) < 4.78 is 0. The Bertz CT molecular complexity index is 608. The Hall–Kier alpha value is -2.14. The number of carbonyl (C=O) groups excluding carboxylic acids is 1. The zero-order valence-electron chi connectivity index (χ0n) is 12.2. The molecular weight excluding hydrogens is 264 g/mol. The fraction of sp³-hybridized carbons (Fsp3) is 0.375. The smallest absolute Gasteiger partial charge is 0.237 e. The minimum Gasteiger partial charge on any atom is -0.354 e. The van der Waals surface area contributed by atoms with E-state index in [1.165, 1.54) is 11.1 Å². The molecule has 2 heterocycles. The zero-order chi connectivity index (χ0) is 14.7. The number of nitrogens with one attached hydrogen (secondary N) is 2. The summed E-state index contributed by atoms with van der Waals surface area (Å²) in [5, 5.41) is 3.02.